The van der Waals surface area contributed by atoms with Crippen LogP contribution in [0.15, 0.2) is 102 Å². The predicted molar refractivity (Wildman–Crippen MR) is 477 cm³/mol. The van der Waals surface area contributed by atoms with Crippen molar-refractivity contribution in [3.63, 3.8) is 0 Å². The van der Waals surface area contributed by atoms with Crippen LogP contribution in [0.2, 0.25) is 0 Å². The van der Waals surface area contributed by atoms with E-state index < -0.39 is 119 Å². The largest absolute Gasteiger partial charge is 0.456 e. The monoisotopic (exact) mass is 1710 g/mol. The minimum atomic E-state index is -2.17. The summed E-state index contributed by atoms with van der Waals surface area (Å²) in [5, 5.41) is 88.3. The zero-order valence-electron chi connectivity index (χ0n) is 65.9. The van der Waals surface area contributed by atoms with E-state index in [1.54, 1.807) is 119 Å². The number of nitrogens with one attached hydrogen (secondary N) is 2. The van der Waals surface area contributed by atoms with Crippen LogP contribution in [0.1, 0.15) is 133 Å². The van der Waals surface area contributed by atoms with Crippen molar-refractivity contribution in [1.29, 1.82) is 0 Å². The Labute approximate surface area is 747 Å². The fraction of sp³-hybridized carbons (Fsp3) is 0.242. The van der Waals surface area contributed by atoms with Gasteiger partial charge in [0.1, 0.15) is 12.2 Å². The van der Waals surface area contributed by atoms with E-state index in [1.165, 1.54) is 19.5 Å². The van der Waals surface area contributed by atoms with E-state index in [2.05, 4.69) is 332 Å². The Morgan fingerprint density at radius 2 is 0.911 bits per heavy atom. The molecule has 7 N–H and O–H groups in total. The van der Waals surface area contributed by atoms with Gasteiger partial charge < -0.3 is 39.6 Å². The average molecular weight is 1710 g/mol. The maximum absolute atomic E-state index is 15.5. The molecule has 2 saturated carbocycles. The number of rotatable bonds is 23. The summed E-state index contributed by atoms with van der Waals surface area (Å²) in [6, 6.07) is 23.6. The van der Waals surface area contributed by atoms with Crippen molar-refractivity contribution < 1.29 is 167 Å². The average Bonchev–Trinajstić information content (AvgIpc) is 0.666. The van der Waals surface area contributed by atoms with E-state index in [0.29, 0.717) is 11.1 Å². The normalized spacial score (nSPS) is 18.8. The molecule has 1 amide bonds. The SMILES string of the molecule is C#CC#CC#CC#CC#CC#CC#CC#CC#CC#CC#CC#CC#CC#CC#CC#CC#CC#CC#CC#CC#CC#CC#CC.CC(=O)O[C@H]1C(=O)[C@@]2(C)C([C@H](CC(=O)c3ccccc3)[C@]3(O)C[C@H](OC(=O)[C@H](O)[C@@H](NC(=O)c4ccccc4)c4ccccc4)C(C)=C1C3(C)C)[C@]1(OC(C)=O)CO[C@@H]1C[C@@H]2O.OOOOOOONOOOOOOO.[HH].[HH].[HH].[HH].[HH].[HH].[HH].[HH].[HH].[HH].[HH].[HH].[HH].[HH].[HH].[HH].[HH].[HH].[HH].[HH].[HH].[HH].[HH]. The molecule has 0 spiro atoms. The number of amides is 1. The molecule has 29 heteroatoms. The van der Waals surface area contributed by atoms with Crippen LogP contribution >= 0.6 is 0 Å². The number of benzene rings is 3. The van der Waals surface area contributed by atoms with E-state index in [0.717, 1.165) is 6.92 Å². The second-order valence-electron chi connectivity index (χ2n) is 24.5. The third-order valence-corrected chi connectivity index (χ3v) is 17.2. The fourth-order valence-electron chi connectivity index (χ4n) is 12.3. The molecule has 1 aliphatic heterocycles. The molecule has 3 fully saturated rings. The van der Waals surface area contributed by atoms with Gasteiger partial charge in [0.05, 0.1) is 29.8 Å². The number of ether oxygens (including phenoxy) is 4. The highest BCUT2D eigenvalue weighted by Crippen LogP contribution is 2.66. The van der Waals surface area contributed by atoms with Crippen molar-refractivity contribution in [3.05, 3.63) is 119 Å². The summed E-state index contributed by atoms with van der Waals surface area (Å²) in [5.74, 6) is 105. The van der Waals surface area contributed by atoms with Gasteiger partial charge in [-0.15, -0.1) is 6.42 Å². The molecule has 4 aliphatic rings. The molecule has 0 aromatic heterocycles. The first-order valence-corrected chi connectivity index (χ1v) is 35.0. The molecule has 1 saturated heterocycles. The number of esters is 3. The van der Waals surface area contributed by atoms with Crippen molar-refractivity contribution >= 4 is 35.4 Å². The third-order valence-electron chi connectivity index (χ3n) is 17.2. The Kier molecular flexibility index (Phi) is 43.9. The van der Waals surface area contributed by atoms with E-state index >= 15 is 4.79 Å². The molecule has 2 bridgehead atoms. The van der Waals surface area contributed by atoms with E-state index in [9.17, 15) is 39.3 Å². The fourth-order valence-corrected chi connectivity index (χ4v) is 12.3. The molecule has 29 nitrogen and oxygen atoms in total. The summed E-state index contributed by atoms with van der Waals surface area (Å²) < 4.78 is 24.1. The standard InChI is InChI=1S/C48H53NO13.C47H4.H3NO14.23H2/c1-26-34(61-44(57)39(54)38(30-18-12-8-13-19-30)49-43(56)31-20-14-9-15-21-31)24-48(58)32(22-33(52)29-16-10-7-11-17-29)41-46(6,35(53)23-36-47(41,25-59-36)62-28(3)51)42(55)40(60-27(2)50)37(26)45(48,4)5;1-3-5-7-9-11-13-15-17-19-21-23-25-27-29-31-33-35-37-39-41-43-45-47-46-44-42-40-38-36-34-32-30-28-26-24-22-20-18-16-14-12-10-8-6-4-2;2-6-10-14-12-8-4-1-5-9-13-15-11-7-3;;;;;;;;;;;;;;;;;;;;;;;/h7-21,32,34-36,38-41,53-54,58H,22-25H2,1-6H3,(H,49,56);1H,2H3;1-3H;23*1H/t32-,34-,35-,36+,38-,39+,40+,41?,46+,47-,48+;;;;;;;;;;;;;;;;;;;;;;;;;/m0........................./s1. The molecule has 11 atom stereocenters. The number of terminal acetylenes is 1. The van der Waals surface area contributed by atoms with E-state index in [1.807, 2.05) is 0 Å². The molecular formula is C95H106N2O27. The minimum Gasteiger partial charge on any atom is -0.456 e. The van der Waals surface area contributed by atoms with Crippen LogP contribution in [0, 0.1) is 296 Å². The van der Waals surface area contributed by atoms with Gasteiger partial charge in [0, 0.05) is 260 Å². The van der Waals surface area contributed by atoms with E-state index in [4.69, 9.17) is 35.9 Å². The van der Waals surface area contributed by atoms with Gasteiger partial charge in [0.15, 0.2) is 29.4 Å². The van der Waals surface area contributed by atoms with Crippen molar-refractivity contribution in [2.45, 2.75) is 115 Å². The summed E-state index contributed by atoms with van der Waals surface area (Å²) in [7, 11) is 0. The number of ketones is 2. The summed E-state index contributed by atoms with van der Waals surface area (Å²) in [4.78, 5) is 91.2. The number of hydrogen-bond acceptors (Lipinski definition) is 28. The zero-order chi connectivity index (χ0) is 90.0. The minimum absolute atomic E-state index is 0. The van der Waals surface area contributed by atoms with Crippen LogP contribution in [0.4, 0.5) is 0 Å². The summed E-state index contributed by atoms with van der Waals surface area (Å²) in [6.07, 6.45) is -3.68. The van der Waals surface area contributed by atoms with Crippen molar-refractivity contribution in [2.24, 2.45) is 22.7 Å². The molecule has 0 radical (unpaired) electrons. The van der Waals surface area contributed by atoms with Gasteiger partial charge in [-0.1, -0.05) is 109 Å². The number of aliphatic hydroxyl groups excluding tert-OH is 2. The van der Waals surface area contributed by atoms with Gasteiger partial charge in [0.25, 0.3) is 5.91 Å². The van der Waals surface area contributed by atoms with Crippen LogP contribution < -0.4 is 11.0 Å². The number of hydrogen-bond donors (Lipinski definition) is 7. The number of aliphatic hydroxyl groups is 3. The van der Waals surface area contributed by atoms with Gasteiger partial charge in [-0.25, -0.2) is 15.3 Å². The lowest BCUT2D eigenvalue weighted by molar-refractivity contribution is -0.816. The quantitative estimate of drug-likeness (QED) is 0.00679. The summed E-state index contributed by atoms with van der Waals surface area (Å²) in [6.45, 7) is 10.1. The van der Waals surface area contributed by atoms with Crippen LogP contribution in [0.25, 0.3) is 0 Å². The molecule has 3 aromatic carbocycles. The Morgan fingerprint density at radius 3 is 1.27 bits per heavy atom. The molecule has 124 heavy (non-hydrogen) atoms. The first-order chi connectivity index (χ1) is 60.1. The van der Waals surface area contributed by atoms with Gasteiger partial charge in [-0.05, 0) is 200 Å². The van der Waals surface area contributed by atoms with Gasteiger partial charge >= 0.3 is 17.9 Å². The van der Waals surface area contributed by atoms with Crippen molar-refractivity contribution in [1.82, 2.24) is 11.0 Å². The van der Waals surface area contributed by atoms with Gasteiger partial charge in [-0.3, -0.25) is 24.0 Å². The molecule has 1 heterocycles. The topological polar surface area (TPSA) is 375 Å². The molecule has 7 rings (SSSR count). The second kappa shape index (κ2) is 55.4. The van der Waals surface area contributed by atoms with Crippen molar-refractivity contribution in [3.8, 4) is 273 Å². The zero-order valence-corrected chi connectivity index (χ0v) is 65.9. The number of fused-ring (bicyclic) bond motifs is 5. The van der Waals surface area contributed by atoms with Crippen molar-refractivity contribution in [2.75, 3.05) is 6.61 Å². The summed E-state index contributed by atoms with van der Waals surface area (Å²) >= 11 is 0. The van der Waals surface area contributed by atoms with Crippen LogP contribution in [-0.4, -0.2) is 110 Å². The lowest BCUT2D eigenvalue weighted by Gasteiger charge is -2.68. The third kappa shape index (κ3) is 31.9. The molecule has 658 valence electrons. The van der Waals surface area contributed by atoms with Crippen LogP contribution in [0.3, 0.4) is 0 Å². The maximum atomic E-state index is 15.5. The summed E-state index contributed by atoms with van der Waals surface area (Å²) in [5.41, 5.74) is -4.66. The Morgan fingerprint density at radius 1 is 0.532 bits per heavy atom. The number of carbonyl (C=O) groups excluding carboxylic acids is 6. The first-order valence-electron chi connectivity index (χ1n) is 35.0. The Balaban J connectivity index is -0.000000103. The highest BCUT2D eigenvalue weighted by molar-refractivity contribution is 5.98. The smallest absolute Gasteiger partial charge is 0.338 e. The highest BCUT2D eigenvalue weighted by Gasteiger charge is 2.77. The van der Waals surface area contributed by atoms with Gasteiger partial charge in [0.2, 0.25) is 0 Å². The lowest BCUT2D eigenvalue weighted by Crippen LogP contribution is -2.80. The number of Topliss-reactive ketones (excluding diaryl/α,β-unsaturated/α-hetero) is 2. The molecule has 1 unspecified atom stereocenters. The Hall–Kier alpha value is -16.3. The van der Waals surface area contributed by atoms with Gasteiger partial charge in [-0.2, -0.15) is 0 Å². The first kappa shape index (κ1) is 98.3. The molecule has 3 aromatic rings. The second-order valence-corrected chi connectivity index (χ2v) is 24.5. The van der Waals surface area contributed by atoms with Crippen LogP contribution in [-0.2, 0) is 98.5 Å². The predicted octanol–water partition coefficient (Wildman–Crippen LogP) is 9.47. The highest BCUT2D eigenvalue weighted by atomic mass is 17.9. The maximum Gasteiger partial charge on any atom is 0.338 e. The van der Waals surface area contributed by atoms with E-state index in [-0.39, 0.29) is 62.6 Å². The Bertz CT molecular complexity index is 6200. The van der Waals surface area contributed by atoms with Crippen LogP contribution in [0.5, 0.6) is 0 Å². The number of carbonyl (C=O) groups is 6. The molecular weight excluding hydrogens is 1600 g/mol. The lowest BCUT2D eigenvalue weighted by atomic mass is 9.42. The molecule has 3 aliphatic carbocycles.